The molecule has 0 aromatic heterocycles. The van der Waals surface area contributed by atoms with E-state index in [9.17, 15) is 4.39 Å². The number of hydrogen-bond acceptors (Lipinski definition) is 0. The van der Waals surface area contributed by atoms with Crippen molar-refractivity contribution in [3.8, 4) is 0 Å². The smallest absolute Gasteiger partial charge is 0.0968 e. The fourth-order valence-corrected chi connectivity index (χ4v) is 0.455. The van der Waals surface area contributed by atoms with Crippen LogP contribution in [0.5, 0.6) is 0 Å². The van der Waals surface area contributed by atoms with Gasteiger partial charge in [0.05, 0.1) is 5.83 Å². The Labute approximate surface area is 63.6 Å². The van der Waals surface area contributed by atoms with Gasteiger partial charge in [-0.3, -0.25) is 0 Å². The SMILES string of the molecule is CC/C(Br)=C\C=C(/C)F. The van der Waals surface area contributed by atoms with Crippen molar-refractivity contribution in [1.29, 1.82) is 0 Å². The lowest BCUT2D eigenvalue weighted by Gasteiger charge is -1.86. The predicted octanol–water partition coefficient (Wildman–Crippen LogP) is 3.55. The molecule has 0 bridgehead atoms. The lowest BCUT2D eigenvalue weighted by Crippen LogP contribution is -1.63. The average Bonchev–Trinajstić information content (AvgIpc) is 1.83. The molecule has 0 fully saturated rings. The van der Waals surface area contributed by atoms with Gasteiger partial charge in [0.15, 0.2) is 0 Å². The lowest BCUT2D eigenvalue weighted by molar-refractivity contribution is 0.640. The van der Waals surface area contributed by atoms with Crippen LogP contribution in [0.1, 0.15) is 20.3 Å². The van der Waals surface area contributed by atoms with E-state index in [-0.39, 0.29) is 5.83 Å². The minimum atomic E-state index is -0.166. The van der Waals surface area contributed by atoms with Gasteiger partial charge >= 0.3 is 0 Å². The largest absolute Gasteiger partial charge is 0.212 e. The molecule has 52 valence electrons. The van der Waals surface area contributed by atoms with Crippen LogP contribution in [0, 0.1) is 0 Å². The van der Waals surface area contributed by atoms with E-state index in [4.69, 9.17) is 0 Å². The second-order valence-corrected chi connectivity index (χ2v) is 2.74. The zero-order valence-corrected chi connectivity index (χ0v) is 7.20. The molecule has 0 amide bonds. The summed E-state index contributed by atoms with van der Waals surface area (Å²) in [6.07, 6.45) is 4.06. The fraction of sp³-hybridized carbons (Fsp3) is 0.429. The summed E-state index contributed by atoms with van der Waals surface area (Å²) in [6.45, 7) is 3.43. The summed E-state index contributed by atoms with van der Waals surface area (Å²) >= 11 is 3.26. The number of hydrogen-bond donors (Lipinski definition) is 0. The zero-order valence-electron chi connectivity index (χ0n) is 5.62. The normalized spacial score (nSPS) is 14.2. The van der Waals surface area contributed by atoms with E-state index in [2.05, 4.69) is 15.9 Å². The Morgan fingerprint density at radius 1 is 1.56 bits per heavy atom. The fourth-order valence-electron chi connectivity index (χ4n) is 0.323. The van der Waals surface area contributed by atoms with Crippen molar-refractivity contribution in [1.82, 2.24) is 0 Å². The first kappa shape index (κ1) is 8.89. The summed E-state index contributed by atoms with van der Waals surface area (Å²) in [6, 6.07) is 0. The van der Waals surface area contributed by atoms with E-state index in [1.165, 1.54) is 13.0 Å². The van der Waals surface area contributed by atoms with Gasteiger partial charge in [-0.2, -0.15) is 0 Å². The van der Waals surface area contributed by atoms with E-state index in [0.29, 0.717) is 0 Å². The highest BCUT2D eigenvalue weighted by molar-refractivity contribution is 9.11. The minimum absolute atomic E-state index is 0.166. The quantitative estimate of drug-likeness (QED) is 0.588. The maximum Gasteiger partial charge on any atom is 0.0968 e. The van der Waals surface area contributed by atoms with Crippen molar-refractivity contribution in [3.63, 3.8) is 0 Å². The Morgan fingerprint density at radius 3 is 2.44 bits per heavy atom. The summed E-state index contributed by atoms with van der Waals surface area (Å²) in [4.78, 5) is 0. The second kappa shape index (κ2) is 4.74. The van der Waals surface area contributed by atoms with Crippen LogP contribution in [0.25, 0.3) is 0 Å². The van der Waals surface area contributed by atoms with Gasteiger partial charge in [0, 0.05) is 0 Å². The summed E-state index contributed by atoms with van der Waals surface area (Å²) in [7, 11) is 0. The van der Waals surface area contributed by atoms with Gasteiger partial charge in [-0.05, 0) is 30.0 Å². The third kappa shape index (κ3) is 5.77. The molecule has 0 aromatic rings. The molecule has 0 aliphatic carbocycles. The molecule has 0 unspecified atom stereocenters. The van der Waals surface area contributed by atoms with Crippen LogP contribution >= 0.6 is 15.9 Å². The molecule has 0 rings (SSSR count). The molecule has 0 N–H and O–H groups in total. The van der Waals surface area contributed by atoms with Crippen molar-refractivity contribution in [2.75, 3.05) is 0 Å². The molecule has 0 nitrogen and oxygen atoms in total. The van der Waals surface area contributed by atoms with Gasteiger partial charge in [0.2, 0.25) is 0 Å². The number of rotatable bonds is 2. The molecule has 2 heteroatoms. The molecule has 0 saturated carbocycles. The molecular formula is C7H10BrF. The third-order valence-corrected chi connectivity index (χ3v) is 1.66. The van der Waals surface area contributed by atoms with E-state index in [1.807, 2.05) is 6.92 Å². The van der Waals surface area contributed by atoms with Gasteiger partial charge < -0.3 is 0 Å². The first-order chi connectivity index (χ1) is 4.16. The average molecular weight is 193 g/mol. The molecule has 0 aliphatic heterocycles. The number of halogens is 2. The van der Waals surface area contributed by atoms with E-state index < -0.39 is 0 Å². The highest BCUT2D eigenvalue weighted by atomic mass is 79.9. The third-order valence-electron chi connectivity index (χ3n) is 0.832. The van der Waals surface area contributed by atoms with Crippen LogP contribution in [0.3, 0.4) is 0 Å². The maximum absolute atomic E-state index is 12.0. The first-order valence-electron chi connectivity index (χ1n) is 2.85. The van der Waals surface area contributed by atoms with Crippen LogP contribution in [0.4, 0.5) is 4.39 Å². The van der Waals surface area contributed by atoms with Gasteiger partial charge in [0.1, 0.15) is 0 Å². The summed E-state index contributed by atoms with van der Waals surface area (Å²) in [5.74, 6) is -0.166. The highest BCUT2D eigenvalue weighted by Gasteiger charge is 1.82. The molecule has 0 atom stereocenters. The Kier molecular flexibility index (Phi) is 4.68. The highest BCUT2D eigenvalue weighted by Crippen LogP contribution is 2.09. The van der Waals surface area contributed by atoms with Gasteiger partial charge in [-0.25, -0.2) is 4.39 Å². The van der Waals surface area contributed by atoms with Crippen molar-refractivity contribution in [3.05, 3.63) is 22.5 Å². The van der Waals surface area contributed by atoms with Gasteiger partial charge in [-0.15, -0.1) is 0 Å². The van der Waals surface area contributed by atoms with Crippen LogP contribution < -0.4 is 0 Å². The van der Waals surface area contributed by atoms with Crippen LogP contribution in [-0.4, -0.2) is 0 Å². The van der Waals surface area contributed by atoms with E-state index >= 15 is 0 Å². The molecule has 0 saturated heterocycles. The van der Waals surface area contributed by atoms with Gasteiger partial charge in [0.25, 0.3) is 0 Å². The standard InChI is InChI=1S/C7H10BrF/c1-3-7(8)5-4-6(2)9/h4-5H,3H2,1-2H3/b6-4+,7-5+. The molecule has 0 radical (unpaired) electrons. The Balaban J connectivity index is 3.83. The van der Waals surface area contributed by atoms with Crippen molar-refractivity contribution >= 4 is 15.9 Å². The summed E-state index contributed by atoms with van der Waals surface area (Å²) in [5.41, 5.74) is 0. The Hall–Kier alpha value is -0.110. The molecule has 9 heavy (non-hydrogen) atoms. The second-order valence-electron chi connectivity index (χ2n) is 1.72. The van der Waals surface area contributed by atoms with Crippen LogP contribution in [0.2, 0.25) is 0 Å². The van der Waals surface area contributed by atoms with Crippen molar-refractivity contribution < 1.29 is 4.39 Å². The topological polar surface area (TPSA) is 0 Å². The summed E-state index contributed by atoms with van der Waals surface area (Å²) in [5, 5.41) is 0. The maximum atomic E-state index is 12.0. The molecule has 0 heterocycles. The predicted molar refractivity (Wildman–Crippen MR) is 42.2 cm³/mol. The Bertz CT molecular complexity index is 132. The zero-order chi connectivity index (χ0) is 7.28. The van der Waals surface area contributed by atoms with Crippen LogP contribution in [-0.2, 0) is 0 Å². The van der Waals surface area contributed by atoms with E-state index in [0.717, 1.165) is 10.9 Å². The molecule has 0 aromatic carbocycles. The summed E-state index contributed by atoms with van der Waals surface area (Å²) < 4.78 is 13.0. The van der Waals surface area contributed by atoms with E-state index in [1.54, 1.807) is 6.08 Å². The molecule has 0 spiro atoms. The Morgan fingerprint density at radius 2 is 2.11 bits per heavy atom. The first-order valence-corrected chi connectivity index (χ1v) is 3.64. The molecular weight excluding hydrogens is 183 g/mol. The van der Waals surface area contributed by atoms with Crippen LogP contribution in [0.15, 0.2) is 22.5 Å². The molecule has 0 aliphatic rings. The number of allylic oxidation sites excluding steroid dienone is 4. The van der Waals surface area contributed by atoms with Gasteiger partial charge in [-0.1, -0.05) is 22.9 Å². The minimum Gasteiger partial charge on any atom is -0.212 e. The lowest BCUT2D eigenvalue weighted by atomic mass is 10.4. The van der Waals surface area contributed by atoms with Crippen molar-refractivity contribution in [2.45, 2.75) is 20.3 Å². The van der Waals surface area contributed by atoms with Crippen molar-refractivity contribution in [2.24, 2.45) is 0 Å². The monoisotopic (exact) mass is 192 g/mol.